The van der Waals surface area contributed by atoms with E-state index in [-0.39, 0.29) is 7.33 Å². The molecule has 0 saturated heterocycles. The van der Waals surface area contributed by atoms with Gasteiger partial charge in [-0.2, -0.15) is 9.37 Å². The first-order valence-corrected chi connectivity index (χ1v) is 4.82. The fourth-order valence-electron chi connectivity index (χ4n) is 0.582. The van der Waals surface area contributed by atoms with Crippen LogP contribution in [0.4, 0.5) is 9.52 Å². The van der Waals surface area contributed by atoms with E-state index in [1.807, 2.05) is 13.8 Å². The number of nitrogens with one attached hydrogen (secondary N) is 1. The molecule has 1 amide bonds. The minimum atomic E-state index is -0.515. The molecule has 1 rings (SSSR count). The third-order valence-electron chi connectivity index (χ3n) is 1.02. The van der Waals surface area contributed by atoms with Gasteiger partial charge in [0.25, 0.3) is 0 Å². The maximum Gasteiger partial charge on any atom is 0.228 e. The molecule has 1 heterocycles. The quantitative estimate of drug-likeness (QED) is 0.767. The molecular formula is C8H15FN2OS. The normalized spacial score (nSPS) is 8.69. The van der Waals surface area contributed by atoms with Crippen molar-refractivity contribution < 1.29 is 10.6 Å². The molecule has 0 aliphatic carbocycles. The lowest BCUT2D eigenvalue weighted by Gasteiger charge is -1.91. The van der Waals surface area contributed by atoms with Crippen LogP contribution >= 0.6 is 11.3 Å². The topological polar surface area (TPSA) is 42.0 Å². The van der Waals surface area contributed by atoms with Crippen LogP contribution in [0.1, 0.15) is 27.1 Å². The lowest BCUT2D eigenvalue weighted by Crippen LogP contribution is -2.04. The molecule has 13 heavy (non-hydrogen) atoms. The first-order chi connectivity index (χ1) is 6.09. The molecule has 76 valence electrons. The van der Waals surface area contributed by atoms with E-state index >= 15 is 0 Å². The van der Waals surface area contributed by atoms with Gasteiger partial charge in [-0.25, -0.2) is 0 Å². The average molecular weight is 206 g/mol. The molecule has 0 radical (unpaired) electrons. The summed E-state index contributed by atoms with van der Waals surface area (Å²) in [5, 5.41) is 2.71. The van der Waals surface area contributed by atoms with Crippen LogP contribution in [0.2, 0.25) is 0 Å². The lowest BCUT2D eigenvalue weighted by molar-refractivity contribution is -0.114. The summed E-state index contributed by atoms with van der Waals surface area (Å²) in [6.07, 6.45) is 0. The van der Waals surface area contributed by atoms with E-state index in [2.05, 4.69) is 10.3 Å². The van der Waals surface area contributed by atoms with Gasteiger partial charge in [-0.1, -0.05) is 25.2 Å². The monoisotopic (exact) mass is 206 g/mol. The van der Waals surface area contributed by atoms with Crippen LogP contribution in [-0.4, -0.2) is 10.9 Å². The molecule has 5 heteroatoms. The number of amides is 1. The molecule has 0 aliphatic rings. The Hall–Kier alpha value is -0.970. The van der Waals surface area contributed by atoms with E-state index in [1.54, 1.807) is 6.92 Å². The SMILES string of the molecule is CC.CC(=O)Nc1nc(F)c(C)s1.[HH]. The Morgan fingerprint density at radius 3 is 2.46 bits per heavy atom. The van der Waals surface area contributed by atoms with E-state index in [1.165, 1.54) is 6.92 Å². The van der Waals surface area contributed by atoms with Gasteiger partial charge in [0.15, 0.2) is 5.13 Å². The maximum atomic E-state index is 12.5. The minimum Gasteiger partial charge on any atom is -0.302 e. The largest absolute Gasteiger partial charge is 0.302 e. The molecule has 0 saturated carbocycles. The van der Waals surface area contributed by atoms with Crippen molar-refractivity contribution in [1.82, 2.24) is 4.98 Å². The number of aryl methyl sites for hydroxylation is 1. The second-order valence-corrected chi connectivity index (χ2v) is 3.25. The number of carbonyl (C=O) groups is 1. The highest BCUT2D eigenvalue weighted by Crippen LogP contribution is 2.19. The van der Waals surface area contributed by atoms with Crippen molar-refractivity contribution in [1.29, 1.82) is 0 Å². The fourth-order valence-corrected chi connectivity index (χ4v) is 1.32. The van der Waals surface area contributed by atoms with Gasteiger partial charge >= 0.3 is 0 Å². The van der Waals surface area contributed by atoms with Crippen molar-refractivity contribution in [3.05, 3.63) is 10.8 Å². The van der Waals surface area contributed by atoms with Gasteiger partial charge in [0.1, 0.15) is 0 Å². The van der Waals surface area contributed by atoms with Crippen molar-refractivity contribution in [2.24, 2.45) is 0 Å². The predicted molar refractivity (Wildman–Crippen MR) is 54.6 cm³/mol. The molecular weight excluding hydrogens is 191 g/mol. The predicted octanol–water partition coefficient (Wildman–Crippen LogP) is 2.82. The van der Waals surface area contributed by atoms with Gasteiger partial charge in [-0.3, -0.25) is 4.79 Å². The molecule has 0 aromatic carbocycles. The Morgan fingerprint density at radius 1 is 1.62 bits per heavy atom. The Morgan fingerprint density at radius 2 is 2.15 bits per heavy atom. The highest BCUT2D eigenvalue weighted by molar-refractivity contribution is 7.15. The minimum absolute atomic E-state index is 0. The van der Waals surface area contributed by atoms with Crippen molar-refractivity contribution in [2.75, 3.05) is 5.32 Å². The Bertz CT molecular complexity index is 271. The van der Waals surface area contributed by atoms with Crippen LogP contribution in [-0.2, 0) is 4.79 Å². The first kappa shape index (κ1) is 12.0. The van der Waals surface area contributed by atoms with E-state index in [9.17, 15) is 9.18 Å². The van der Waals surface area contributed by atoms with Crippen LogP contribution in [0.5, 0.6) is 0 Å². The summed E-state index contributed by atoms with van der Waals surface area (Å²) in [6.45, 7) is 6.97. The zero-order valence-electron chi connectivity index (χ0n) is 8.14. The van der Waals surface area contributed by atoms with Gasteiger partial charge in [-0.15, -0.1) is 0 Å². The number of nitrogens with zero attached hydrogens (tertiary/aromatic N) is 1. The van der Waals surface area contributed by atoms with E-state index in [4.69, 9.17) is 0 Å². The number of thiazole rings is 1. The molecule has 0 aliphatic heterocycles. The summed E-state index contributed by atoms with van der Waals surface area (Å²) in [4.78, 5) is 14.4. The third-order valence-corrected chi connectivity index (χ3v) is 1.88. The third kappa shape index (κ3) is 3.98. The Balaban J connectivity index is 0. The summed E-state index contributed by atoms with van der Waals surface area (Å²) in [5.41, 5.74) is 0. The van der Waals surface area contributed by atoms with Crippen molar-refractivity contribution in [3.63, 3.8) is 0 Å². The highest BCUT2D eigenvalue weighted by atomic mass is 32.1. The van der Waals surface area contributed by atoms with E-state index in [0.29, 0.717) is 10.0 Å². The number of halogens is 1. The molecule has 0 atom stereocenters. The second kappa shape index (κ2) is 5.64. The number of hydrogen-bond donors (Lipinski definition) is 1. The second-order valence-electron chi connectivity index (χ2n) is 2.05. The summed E-state index contributed by atoms with van der Waals surface area (Å²) in [6, 6.07) is 0. The summed E-state index contributed by atoms with van der Waals surface area (Å²) >= 11 is 1.12. The van der Waals surface area contributed by atoms with Crippen molar-refractivity contribution in [2.45, 2.75) is 27.7 Å². The molecule has 1 aromatic rings. The summed E-state index contributed by atoms with van der Waals surface area (Å²) < 4.78 is 12.5. The number of hydrogen-bond acceptors (Lipinski definition) is 3. The van der Waals surface area contributed by atoms with Gasteiger partial charge in [0, 0.05) is 8.35 Å². The van der Waals surface area contributed by atoms with Crippen LogP contribution in [0.25, 0.3) is 0 Å². The fraction of sp³-hybridized carbons (Fsp3) is 0.500. The van der Waals surface area contributed by atoms with E-state index in [0.717, 1.165) is 11.3 Å². The number of rotatable bonds is 1. The number of aromatic nitrogens is 1. The zero-order valence-corrected chi connectivity index (χ0v) is 8.96. The Kier molecular flexibility index (Phi) is 5.22. The van der Waals surface area contributed by atoms with Gasteiger partial charge in [0.05, 0.1) is 4.88 Å². The smallest absolute Gasteiger partial charge is 0.228 e. The standard InChI is InChI=1S/C6H7FN2OS.C2H6.H2/c1-3-5(7)9-6(11-3)8-4(2)10;1-2;/h1-2H3,(H,8,9,10);1-2H3;1H. The molecule has 0 bridgehead atoms. The first-order valence-electron chi connectivity index (χ1n) is 4.00. The van der Waals surface area contributed by atoms with Crippen molar-refractivity contribution >= 4 is 22.4 Å². The molecule has 3 nitrogen and oxygen atoms in total. The van der Waals surface area contributed by atoms with Crippen molar-refractivity contribution in [3.8, 4) is 0 Å². The van der Waals surface area contributed by atoms with Gasteiger partial charge < -0.3 is 5.32 Å². The summed E-state index contributed by atoms with van der Waals surface area (Å²) in [7, 11) is 0. The Labute approximate surface area is 82.5 Å². The summed E-state index contributed by atoms with van der Waals surface area (Å²) in [5.74, 6) is -0.752. The van der Waals surface area contributed by atoms with Crippen LogP contribution in [0.15, 0.2) is 0 Å². The number of carbonyl (C=O) groups excluding carboxylic acids is 1. The van der Waals surface area contributed by atoms with Gasteiger partial charge in [0.2, 0.25) is 11.9 Å². The molecule has 1 aromatic heterocycles. The van der Waals surface area contributed by atoms with E-state index < -0.39 is 5.95 Å². The van der Waals surface area contributed by atoms with Gasteiger partial charge in [-0.05, 0) is 6.92 Å². The zero-order chi connectivity index (χ0) is 10.4. The molecule has 1 N–H and O–H groups in total. The lowest BCUT2D eigenvalue weighted by atomic mass is 10.6. The molecule has 0 spiro atoms. The van der Waals surface area contributed by atoms with Crippen LogP contribution in [0, 0.1) is 12.9 Å². The van der Waals surface area contributed by atoms with Crippen LogP contribution in [0.3, 0.4) is 0 Å². The number of anilines is 1. The highest BCUT2D eigenvalue weighted by Gasteiger charge is 2.06. The maximum absolute atomic E-state index is 12.5. The molecule has 0 unspecified atom stereocenters. The van der Waals surface area contributed by atoms with Crippen LogP contribution < -0.4 is 5.32 Å². The average Bonchev–Trinajstić information content (AvgIpc) is 2.34. The molecule has 0 fully saturated rings.